The van der Waals surface area contributed by atoms with Crippen LogP contribution in [0.4, 0.5) is 0 Å². The van der Waals surface area contributed by atoms with Crippen LogP contribution in [0, 0.1) is 4.77 Å². The van der Waals surface area contributed by atoms with Gasteiger partial charge in [-0.05, 0) is 51.2 Å². The molecule has 1 N–H and O–H groups in total. The molecule has 2 aliphatic rings. The monoisotopic (exact) mass is 280 g/mol. The highest BCUT2D eigenvalue weighted by Gasteiger charge is 2.33. The molecule has 1 saturated carbocycles. The van der Waals surface area contributed by atoms with E-state index in [1.165, 1.54) is 6.42 Å². The molecule has 3 rings (SSSR count). The lowest BCUT2D eigenvalue weighted by atomic mass is 10.1. The molecule has 2 fully saturated rings. The zero-order chi connectivity index (χ0) is 13.4. The first-order chi connectivity index (χ1) is 9.18. The molecule has 1 aliphatic carbocycles. The van der Waals surface area contributed by atoms with Crippen molar-refractivity contribution in [2.45, 2.75) is 51.0 Å². The van der Waals surface area contributed by atoms with Crippen molar-refractivity contribution in [2.24, 2.45) is 0 Å². The lowest BCUT2D eigenvalue weighted by Crippen LogP contribution is -2.40. The van der Waals surface area contributed by atoms with E-state index in [1.54, 1.807) is 0 Å². The number of piperidine rings is 1. The molecule has 1 amide bonds. The van der Waals surface area contributed by atoms with Crippen molar-refractivity contribution in [3.63, 3.8) is 0 Å². The summed E-state index contributed by atoms with van der Waals surface area (Å²) >= 11 is 5.29. The summed E-state index contributed by atoms with van der Waals surface area (Å²) in [6.07, 6.45) is 5.78. The molecule has 2 heterocycles. The number of amides is 1. The third-order valence-corrected chi connectivity index (χ3v) is 4.37. The van der Waals surface area contributed by atoms with Gasteiger partial charge in [0.25, 0.3) is 0 Å². The minimum absolute atomic E-state index is 0.180. The summed E-state index contributed by atoms with van der Waals surface area (Å²) in [7, 11) is 0. The molecule has 1 aliphatic heterocycles. The minimum Gasteiger partial charge on any atom is -0.341 e. The van der Waals surface area contributed by atoms with E-state index >= 15 is 0 Å². The van der Waals surface area contributed by atoms with Gasteiger partial charge in [0.2, 0.25) is 5.91 Å². The minimum atomic E-state index is -0.236. The Hall–Kier alpha value is -1.17. The van der Waals surface area contributed by atoms with E-state index in [4.69, 9.17) is 12.2 Å². The fourth-order valence-corrected chi connectivity index (χ4v) is 3.11. The smallest absolute Gasteiger partial charge is 0.245 e. The Bertz CT molecular complexity index is 525. The Labute approximate surface area is 118 Å². The van der Waals surface area contributed by atoms with Crippen LogP contribution >= 0.6 is 12.2 Å². The maximum Gasteiger partial charge on any atom is 0.245 e. The van der Waals surface area contributed by atoms with Crippen molar-refractivity contribution >= 4 is 18.1 Å². The number of likely N-dealkylation sites (tertiary alicyclic amines) is 1. The largest absolute Gasteiger partial charge is 0.341 e. The molecule has 1 saturated heterocycles. The lowest BCUT2D eigenvalue weighted by molar-refractivity contribution is -0.135. The van der Waals surface area contributed by atoms with Crippen molar-refractivity contribution in [2.75, 3.05) is 13.1 Å². The molecular weight excluding hydrogens is 260 g/mol. The molecule has 0 aromatic carbocycles. The average molecular weight is 280 g/mol. The molecule has 0 radical (unpaired) electrons. The van der Waals surface area contributed by atoms with Gasteiger partial charge in [-0.15, -0.1) is 0 Å². The van der Waals surface area contributed by atoms with Crippen LogP contribution in [0.2, 0.25) is 0 Å². The Morgan fingerprint density at radius 3 is 2.68 bits per heavy atom. The lowest BCUT2D eigenvalue weighted by Gasteiger charge is -2.29. The Balaban J connectivity index is 1.82. The first-order valence-electron chi connectivity index (χ1n) is 7.14. The van der Waals surface area contributed by atoms with Crippen molar-refractivity contribution in [3.05, 3.63) is 10.6 Å². The second-order valence-electron chi connectivity index (χ2n) is 5.59. The molecule has 1 aromatic rings. The van der Waals surface area contributed by atoms with Gasteiger partial charge < -0.3 is 4.90 Å². The topological polar surface area (TPSA) is 53.9 Å². The van der Waals surface area contributed by atoms with Crippen LogP contribution < -0.4 is 0 Å². The van der Waals surface area contributed by atoms with Gasteiger partial charge in [-0.1, -0.05) is 0 Å². The third-order valence-electron chi connectivity index (χ3n) is 4.09. The van der Waals surface area contributed by atoms with Crippen molar-refractivity contribution < 1.29 is 4.79 Å². The summed E-state index contributed by atoms with van der Waals surface area (Å²) in [5, 5.41) is 7.14. The number of hydrogen-bond donors (Lipinski definition) is 1. The number of carbonyl (C=O) groups excluding carboxylic acids is 1. The number of carbonyl (C=O) groups is 1. The quantitative estimate of drug-likeness (QED) is 0.865. The second-order valence-corrected chi connectivity index (χ2v) is 5.98. The van der Waals surface area contributed by atoms with E-state index in [0.29, 0.717) is 10.7 Å². The van der Waals surface area contributed by atoms with Crippen LogP contribution in [0.1, 0.15) is 56.8 Å². The van der Waals surface area contributed by atoms with Gasteiger partial charge in [0, 0.05) is 19.0 Å². The zero-order valence-electron chi connectivity index (χ0n) is 11.3. The highest BCUT2D eigenvalue weighted by atomic mass is 32.1. The number of hydrogen-bond acceptors (Lipinski definition) is 3. The van der Waals surface area contributed by atoms with Crippen molar-refractivity contribution in [3.8, 4) is 0 Å². The number of aromatic nitrogens is 3. The average Bonchev–Trinajstić information content (AvgIpc) is 3.21. The van der Waals surface area contributed by atoms with Crippen LogP contribution in [-0.2, 0) is 4.79 Å². The number of nitrogens with one attached hydrogen (secondary N) is 1. The number of rotatable bonds is 3. The van der Waals surface area contributed by atoms with Crippen molar-refractivity contribution in [1.29, 1.82) is 0 Å². The number of nitrogens with zero attached hydrogens (tertiary/aromatic N) is 3. The first kappa shape index (κ1) is 12.8. The fourth-order valence-electron chi connectivity index (χ4n) is 2.81. The maximum absolute atomic E-state index is 12.6. The number of aromatic amines is 1. The van der Waals surface area contributed by atoms with Crippen LogP contribution in [-0.4, -0.2) is 38.7 Å². The normalized spacial score (nSPS) is 21.4. The van der Waals surface area contributed by atoms with Gasteiger partial charge in [-0.25, -0.2) is 0 Å². The van der Waals surface area contributed by atoms with Crippen LogP contribution in [0.3, 0.4) is 0 Å². The SMILES string of the molecule is CC(C(=O)N1CCCCC1)n1c(C2CC2)n[nH]c1=S. The zero-order valence-corrected chi connectivity index (χ0v) is 12.1. The van der Waals surface area contributed by atoms with Gasteiger partial charge >= 0.3 is 0 Å². The predicted molar refractivity (Wildman–Crippen MR) is 74.5 cm³/mol. The molecule has 5 nitrogen and oxygen atoms in total. The Kier molecular flexibility index (Phi) is 3.43. The molecule has 6 heteroatoms. The molecule has 0 spiro atoms. The van der Waals surface area contributed by atoms with E-state index in [0.717, 1.165) is 44.6 Å². The highest BCUT2D eigenvalue weighted by Crippen LogP contribution is 2.39. The van der Waals surface area contributed by atoms with E-state index in [2.05, 4.69) is 10.2 Å². The second kappa shape index (κ2) is 5.07. The van der Waals surface area contributed by atoms with Gasteiger partial charge in [0.05, 0.1) is 0 Å². The van der Waals surface area contributed by atoms with E-state index in [9.17, 15) is 4.79 Å². The molecule has 104 valence electrons. The molecule has 1 unspecified atom stereocenters. The number of H-pyrrole nitrogens is 1. The van der Waals surface area contributed by atoms with Gasteiger partial charge in [-0.2, -0.15) is 5.10 Å². The molecule has 1 atom stereocenters. The summed E-state index contributed by atoms with van der Waals surface area (Å²) in [4.78, 5) is 14.5. The van der Waals surface area contributed by atoms with E-state index < -0.39 is 0 Å². The standard InChI is InChI=1S/C13H20N4OS/c1-9(12(18)16-7-3-2-4-8-16)17-11(10-5-6-10)14-15-13(17)19/h9-10H,2-8H2,1H3,(H,15,19). The first-order valence-corrected chi connectivity index (χ1v) is 7.55. The fraction of sp³-hybridized carbons (Fsp3) is 0.769. The summed E-state index contributed by atoms with van der Waals surface area (Å²) in [5.74, 6) is 1.63. The van der Waals surface area contributed by atoms with E-state index in [1.807, 2.05) is 16.4 Å². The van der Waals surface area contributed by atoms with Gasteiger partial charge in [-0.3, -0.25) is 14.5 Å². The van der Waals surface area contributed by atoms with Crippen LogP contribution in [0.25, 0.3) is 0 Å². The molecule has 0 bridgehead atoms. The maximum atomic E-state index is 12.6. The van der Waals surface area contributed by atoms with Crippen molar-refractivity contribution in [1.82, 2.24) is 19.7 Å². The molecule has 19 heavy (non-hydrogen) atoms. The van der Waals surface area contributed by atoms with Gasteiger partial charge in [0.15, 0.2) is 4.77 Å². The molecular formula is C13H20N4OS. The van der Waals surface area contributed by atoms with Crippen LogP contribution in [0.5, 0.6) is 0 Å². The summed E-state index contributed by atoms with van der Waals surface area (Å²) in [6.45, 7) is 3.70. The Morgan fingerprint density at radius 1 is 1.37 bits per heavy atom. The third kappa shape index (κ3) is 2.45. The van der Waals surface area contributed by atoms with Gasteiger partial charge in [0.1, 0.15) is 11.9 Å². The summed E-state index contributed by atoms with van der Waals surface area (Å²) < 4.78 is 2.49. The highest BCUT2D eigenvalue weighted by molar-refractivity contribution is 7.71. The molecule has 1 aromatic heterocycles. The van der Waals surface area contributed by atoms with Crippen LogP contribution in [0.15, 0.2) is 0 Å². The predicted octanol–water partition coefficient (Wildman–Crippen LogP) is 2.39. The Morgan fingerprint density at radius 2 is 2.05 bits per heavy atom. The summed E-state index contributed by atoms with van der Waals surface area (Å²) in [5.41, 5.74) is 0. The summed E-state index contributed by atoms with van der Waals surface area (Å²) in [6, 6.07) is -0.236. The van der Waals surface area contributed by atoms with E-state index in [-0.39, 0.29) is 11.9 Å².